The summed E-state index contributed by atoms with van der Waals surface area (Å²) in [5, 5.41) is 3.41. The Balaban J connectivity index is 1.85. The summed E-state index contributed by atoms with van der Waals surface area (Å²) in [6, 6.07) is 17.5. The summed E-state index contributed by atoms with van der Waals surface area (Å²) in [4.78, 5) is 27.9. The van der Waals surface area contributed by atoms with E-state index in [1.54, 1.807) is 12.1 Å². The van der Waals surface area contributed by atoms with Crippen LogP contribution in [0.2, 0.25) is 5.02 Å². The first-order chi connectivity index (χ1) is 14.9. The zero-order valence-electron chi connectivity index (χ0n) is 16.8. The van der Waals surface area contributed by atoms with Crippen LogP contribution in [0.1, 0.15) is 11.1 Å². The number of amides is 2. The summed E-state index contributed by atoms with van der Waals surface area (Å²) in [6.45, 7) is 1.95. The molecule has 3 aromatic carbocycles. The van der Waals surface area contributed by atoms with Crippen LogP contribution in [0.4, 0.5) is 15.8 Å². The topological polar surface area (TPSA) is 58.6 Å². The second-order valence-corrected chi connectivity index (χ2v) is 7.45. The lowest BCUT2D eigenvalue weighted by Gasteiger charge is -2.18. The standard InChI is InChI=1S/C24H18ClFN2O3/c1-14-3-10-18(11-4-14)27-22-21(15-5-8-17(26)9-6-15)23(29)28(24(22)30)19-13-16(25)7-12-20(19)31-2/h3-13,27H,1-2H3. The number of rotatable bonds is 5. The summed E-state index contributed by atoms with van der Waals surface area (Å²) in [5.41, 5.74) is 2.55. The molecule has 0 fully saturated rings. The molecule has 0 unspecified atom stereocenters. The van der Waals surface area contributed by atoms with E-state index >= 15 is 0 Å². The summed E-state index contributed by atoms with van der Waals surface area (Å²) in [5.74, 6) is -1.25. The smallest absolute Gasteiger partial charge is 0.282 e. The molecule has 156 valence electrons. The van der Waals surface area contributed by atoms with E-state index in [9.17, 15) is 14.0 Å². The summed E-state index contributed by atoms with van der Waals surface area (Å²) in [7, 11) is 1.44. The maximum absolute atomic E-state index is 13.5. The van der Waals surface area contributed by atoms with Gasteiger partial charge < -0.3 is 10.1 Å². The molecule has 1 N–H and O–H groups in total. The van der Waals surface area contributed by atoms with Crippen molar-refractivity contribution in [1.29, 1.82) is 0 Å². The lowest BCUT2D eigenvalue weighted by Crippen LogP contribution is -2.32. The first-order valence-electron chi connectivity index (χ1n) is 9.45. The summed E-state index contributed by atoms with van der Waals surface area (Å²) < 4.78 is 18.8. The van der Waals surface area contributed by atoms with Gasteiger partial charge in [0, 0.05) is 10.7 Å². The lowest BCUT2D eigenvalue weighted by molar-refractivity contribution is -0.120. The van der Waals surface area contributed by atoms with Gasteiger partial charge in [0.05, 0.1) is 18.4 Å². The number of benzene rings is 3. The first kappa shape index (κ1) is 20.6. The molecule has 5 nitrogen and oxygen atoms in total. The molecule has 0 saturated carbocycles. The van der Waals surface area contributed by atoms with Gasteiger partial charge in [-0.2, -0.15) is 0 Å². The number of nitrogens with one attached hydrogen (secondary N) is 1. The highest BCUT2D eigenvalue weighted by atomic mass is 35.5. The number of aryl methyl sites for hydroxylation is 1. The van der Waals surface area contributed by atoms with Gasteiger partial charge in [0.2, 0.25) is 0 Å². The van der Waals surface area contributed by atoms with Crippen LogP contribution in [0.5, 0.6) is 5.75 Å². The normalized spacial score (nSPS) is 13.7. The Kier molecular flexibility index (Phi) is 5.48. The van der Waals surface area contributed by atoms with E-state index in [-0.39, 0.29) is 17.0 Å². The number of hydrogen-bond acceptors (Lipinski definition) is 4. The Bertz CT molecular complexity index is 1200. The second kappa shape index (κ2) is 8.24. The highest BCUT2D eigenvalue weighted by Gasteiger charge is 2.41. The molecule has 7 heteroatoms. The van der Waals surface area contributed by atoms with Crippen molar-refractivity contribution in [3.8, 4) is 5.75 Å². The average Bonchev–Trinajstić information content (AvgIpc) is 3.00. The van der Waals surface area contributed by atoms with Crippen LogP contribution < -0.4 is 15.0 Å². The maximum atomic E-state index is 13.5. The second-order valence-electron chi connectivity index (χ2n) is 7.01. The Labute approximate surface area is 183 Å². The zero-order valence-corrected chi connectivity index (χ0v) is 17.5. The third-order valence-electron chi connectivity index (χ3n) is 4.92. The van der Waals surface area contributed by atoms with Gasteiger partial charge in [0.15, 0.2) is 0 Å². The van der Waals surface area contributed by atoms with Gasteiger partial charge in [-0.15, -0.1) is 0 Å². The number of nitrogens with zero attached hydrogens (tertiary/aromatic N) is 1. The number of imide groups is 1. The van der Waals surface area contributed by atoms with E-state index < -0.39 is 17.6 Å². The van der Waals surface area contributed by atoms with E-state index in [0.29, 0.717) is 22.0 Å². The van der Waals surface area contributed by atoms with Crippen molar-refractivity contribution in [3.63, 3.8) is 0 Å². The predicted molar refractivity (Wildman–Crippen MR) is 119 cm³/mol. The number of hydrogen-bond donors (Lipinski definition) is 1. The van der Waals surface area contributed by atoms with E-state index in [4.69, 9.17) is 16.3 Å². The molecular formula is C24H18ClFN2O3. The SMILES string of the molecule is COc1ccc(Cl)cc1N1C(=O)C(Nc2ccc(C)cc2)=C(c2ccc(F)cc2)C1=O. The molecule has 2 amide bonds. The largest absolute Gasteiger partial charge is 0.495 e. The Morgan fingerprint density at radius 1 is 0.935 bits per heavy atom. The number of carbonyl (C=O) groups is 2. The molecule has 1 aliphatic rings. The molecule has 0 spiro atoms. The number of ether oxygens (including phenoxy) is 1. The van der Waals surface area contributed by atoms with Crippen LogP contribution in [0, 0.1) is 12.7 Å². The van der Waals surface area contributed by atoms with Crippen molar-refractivity contribution in [3.05, 3.63) is 94.4 Å². The molecule has 31 heavy (non-hydrogen) atoms. The molecule has 0 saturated heterocycles. The number of halogens is 2. The van der Waals surface area contributed by atoms with E-state index in [1.165, 1.54) is 37.4 Å². The number of anilines is 2. The molecule has 1 aliphatic heterocycles. The van der Waals surface area contributed by atoms with Crippen molar-refractivity contribution in [2.24, 2.45) is 0 Å². The minimum absolute atomic E-state index is 0.0856. The maximum Gasteiger partial charge on any atom is 0.282 e. The number of carbonyl (C=O) groups excluding carboxylic acids is 2. The van der Waals surface area contributed by atoms with Crippen molar-refractivity contribution in [1.82, 2.24) is 0 Å². The zero-order chi connectivity index (χ0) is 22.1. The van der Waals surface area contributed by atoms with Crippen molar-refractivity contribution in [2.75, 3.05) is 17.3 Å². The summed E-state index contributed by atoms with van der Waals surface area (Å²) >= 11 is 6.12. The average molecular weight is 437 g/mol. The Morgan fingerprint density at radius 3 is 2.26 bits per heavy atom. The predicted octanol–water partition coefficient (Wildman–Crippen LogP) is 5.19. The lowest BCUT2D eigenvalue weighted by atomic mass is 10.0. The van der Waals surface area contributed by atoms with Gasteiger partial charge in [-0.25, -0.2) is 9.29 Å². The molecule has 1 heterocycles. The fourth-order valence-corrected chi connectivity index (χ4v) is 3.53. The highest BCUT2D eigenvalue weighted by molar-refractivity contribution is 6.46. The molecule has 0 aliphatic carbocycles. The van der Waals surface area contributed by atoms with Crippen molar-refractivity contribution < 1.29 is 18.7 Å². The molecule has 0 radical (unpaired) electrons. The van der Waals surface area contributed by atoms with Gasteiger partial charge in [0.25, 0.3) is 11.8 Å². The highest BCUT2D eigenvalue weighted by Crippen LogP contribution is 2.39. The molecular weight excluding hydrogens is 419 g/mol. The minimum atomic E-state index is -0.564. The van der Waals surface area contributed by atoms with Gasteiger partial charge in [-0.05, 0) is 55.0 Å². The number of methoxy groups -OCH3 is 1. The van der Waals surface area contributed by atoms with E-state index in [1.807, 2.05) is 31.2 Å². The van der Waals surface area contributed by atoms with Crippen LogP contribution in [0.3, 0.4) is 0 Å². The van der Waals surface area contributed by atoms with Crippen LogP contribution in [0.25, 0.3) is 5.57 Å². The Hall–Kier alpha value is -3.64. The van der Waals surface area contributed by atoms with Crippen LogP contribution in [-0.4, -0.2) is 18.9 Å². The fourth-order valence-electron chi connectivity index (χ4n) is 3.37. The van der Waals surface area contributed by atoms with Gasteiger partial charge >= 0.3 is 0 Å². The van der Waals surface area contributed by atoms with Crippen molar-refractivity contribution >= 4 is 40.4 Å². The van der Waals surface area contributed by atoms with Crippen LogP contribution in [0.15, 0.2) is 72.4 Å². The monoisotopic (exact) mass is 436 g/mol. The summed E-state index contributed by atoms with van der Waals surface area (Å²) in [6.07, 6.45) is 0. The third kappa shape index (κ3) is 3.90. The molecule has 0 aromatic heterocycles. The fraction of sp³-hybridized carbons (Fsp3) is 0.0833. The molecule has 3 aromatic rings. The quantitative estimate of drug-likeness (QED) is 0.559. The molecule has 4 rings (SSSR count). The van der Waals surface area contributed by atoms with Gasteiger partial charge in [0.1, 0.15) is 17.3 Å². The van der Waals surface area contributed by atoms with E-state index in [0.717, 1.165) is 10.5 Å². The van der Waals surface area contributed by atoms with E-state index in [2.05, 4.69) is 5.32 Å². The first-order valence-corrected chi connectivity index (χ1v) is 9.83. The van der Waals surface area contributed by atoms with Crippen molar-refractivity contribution in [2.45, 2.75) is 6.92 Å². The minimum Gasteiger partial charge on any atom is -0.495 e. The van der Waals surface area contributed by atoms with Gasteiger partial charge in [-0.1, -0.05) is 41.4 Å². The Morgan fingerprint density at radius 2 is 1.61 bits per heavy atom. The molecule has 0 atom stereocenters. The molecule has 0 bridgehead atoms. The van der Waals surface area contributed by atoms with Crippen LogP contribution in [-0.2, 0) is 9.59 Å². The van der Waals surface area contributed by atoms with Crippen LogP contribution >= 0.6 is 11.6 Å². The third-order valence-corrected chi connectivity index (χ3v) is 5.15. The van der Waals surface area contributed by atoms with Gasteiger partial charge in [-0.3, -0.25) is 9.59 Å².